The van der Waals surface area contributed by atoms with Crippen LogP contribution in [0.5, 0.6) is 5.75 Å². The number of phenolic OH excluding ortho intramolecular Hbond substituents is 1. The van der Waals surface area contributed by atoms with E-state index in [9.17, 15) is 9.90 Å². The van der Waals surface area contributed by atoms with Gasteiger partial charge in [-0.05, 0) is 18.2 Å². The molecule has 2 rings (SSSR count). The van der Waals surface area contributed by atoms with Gasteiger partial charge in [-0.1, -0.05) is 27.7 Å². The average molecular weight is 314 g/mol. The number of thioether (sulfide) groups is 1. The summed E-state index contributed by atoms with van der Waals surface area (Å²) in [7, 11) is 0. The van der Waals surface area contributed by atoms with Gasteiger partial charge in [0.1, 0.15) is 5.75 Å². The van der Waals surface area contributed by atoms with Crippen molar-refractivity contribution in [3.05, 3.63) is 28.2 Å². The van der Waals surface area contributed by atoms with Crippen LogP contribution in [0.2, 0.25) is 0 Å². The number of benzene rings is 1. The molecule has 1 aromatic rings. The third kappa shape index (κ3) is 3.31. The van der Waals surface area contributed by atoms with Gasteiger partial charge in [0.15, 0.2) is 5.17 Å². The highest BCUT2D eigenvalue weighted by molar-refractivity contribution is 9.10. The number of phenols is 1. The van der Waals surface area contributed by atoms with Crippen LogP contribution >= 0.6 is 27.7 Å². The molecule has 0 aromatic heterocycles. The molecule has 0 spiro atoms. The smallest absolute Gasteiger partial charge is 0.236 e. The number of carbonyl (C=O) groups is 1. The molecule has 7 heteroatoms. The Bertz CT molecular complexity index is 516. The summed E-state index contributed by atoms with van der Waals surface area (Å²) in [6, 6.07) is 4.85. The Morgan fingerprint density at radius 3 is 3.06 bits per heavy atom. The van der Waals surface area contributed by atoms with Crippen molar-refractivity contribution >= 4 is 45.0 Å². The van der Waals surface area contributed by atoms with E-state index in [-0.39, 0.29) is 11.7 Å². The Morgan fingerprint density at radius 1 is 1.53 bits per heavy atom. The fourth-order valence-electron chi connectivity index (χ4n) is 1.15. The van der Waals surface area contributed by atoms with Crippen molar-refractivity contribution in [2.75, 3.05) is 5.75 Å². The van der Waals surface area contributed by atoms with Gasteiger partial charge in [0, 0.05) is 10.0 Å². The Balaban J connectivity index is 2.10. The van der Waals surface area contributed by atoms with Gasteiger partial charge in [0.2, 0.25) is 5.91 Å². The number of aromatic hydroxyl groups is 1. The molecule has 17 heavy (non-hydrogen) atoms. The van der Waals surface area contributed by atoms with Gasteiger partial charge in [-0.15, -0.1) is 5.10 Å². The molecule has 1 aliphatic heterocycles. The van der Waals surface area contributed by atoms with Gasteiger partial charge >= 0.3 is 0 Å². The van der Waals surface area contributed by atoms with Gasteiger partial charge in [-0.3, -0.25) is 4.79 Å². The highest BCUT2D eigenvalue weighted by Gasteiger charge is 2.15. The van der Waals surface area contributed by atoms with E-state index in [1.54, 1.807) is 18.2 Å². The van der Waals surface area contributed by atoms with Gasteiger partial charge < -0.3 is 10.4 Å². The standard InChI is InChI=1S/C10H8BrN3O2S/c11-8-2-1-7(15)3-6(8)4-12-14-10-13-9(16)5-17-10/h1-4,15H,5H2,(H,13,14,16). The Kier molecular flexibility index (Phi) is 3.80. The first-order chi connectivity index (χ1) is 8.15. The molecule has 1 heterocycles. The van der Waals surface area contributed by atoms with Crippen molar-refractivity contribution in [1.82, 2.24) is 5.32 Å². The SMILES string of the molecule is O=C1CSC(=NN=Cc2cc(O)ccc2Br)N1. The molecule has 88 valence electrons. The molecule has 1 fully saturated rings. The maximum atomic E-state index is 10.9. The molecule has 1 saturated heterocycles. The van der Waals surface area contributed by atoms with Gasteiger partial charge in [-0.2, -0.15) is 5.10 Å². The zero-order chi connectivity index (χ0) is 12.3. The lowest BCUT2D eigenvalue weighted by Crippen LogP contribution is -2.19. The van der Waals surface area contributed by atoms with Gasteiger partial charge in [0.25, 0.3) is 0 Å². The summed E-state index contributed by atoms with van der Waals surface area (Å²) >= 11 is 4.64. The average Bonchev–Trinajstić information content (AvgIpc) is 2.69. The van der Waals surface area contributed by atoms with Crippen molar-refractivity contribution in [3.8, 4) is 5.75 Å². The van der Waals surface area contributed by atoms with Crippen LogP contribution in [0.3, 0.4) is 0 Å². The predicted octanol–water partition coefficient (Wildman–Crippen LogP) is 1.71. The second kappa shape index (κ2) is 5.33. The second-order valence-electron chi connectivity index (χ2n) is 3.19. The van der Waals surface area contributed by atoms with Crippen molar-refractivity contribution < 1.29 is 9.90 Å². The van der Waals surface area contributed by atoms with E-state index in [2.05, 4.69) is 31.4 Å². The number of hydrogen-bond donors (Lipinski definition) is 2. The summed E-state index contributed by atoms with van der Waals surface area (Å²) in [5.41, 5.74) is 0.712. The molecule has 0 radical (unpaired) electrons. The van der Waals surface area contributed by atoms with Crippen LogP contribution in [-0.2, 0) is 4.79 Å². The van der Waals surface area contributed by atoms with E-state index in [4.69, 9.17) is 0 Å². The minimum atomic E-state index is -0.0671. The number of carbonyl (C=O) groups excluding carboxylic acids is 1. The molecule has 0 atom stereocenters. The number of rotatable bonds is 2. The first-order valence-corrected chi connectivity index (χ1v) is 6.45. The summed E-state index contributed by atoms with van der Waals surface area (Å²) in [6.45, 7) is 0. The van der Waals surface area contributed by atoms with Gasteiger partial charge in [-0.25, -0.2) is 0 Å². The quantitative estimate of drug-likeness (QED) is 0.645. The largest absolute Gasteiger partial charge is 0.508 e. The number of halogens is 1. The monoisotopic (exact) mass is 313 g/mol. The summed E-state index contributed by atoms with van der Waals surface area (Å²) in [6.07, 6.45) is 1.50. The summed E-state index contributed by atoms with van der Waals surface area (Å²) < 4.78 is 0.808. The summed E-state index contributed by atoms with van der Waals surface area (Å²) in [5.74, 6) is 0.470. The van der Waals surface area contributed by atoms with Crippen molar-refractivity contribution in [3.63, 3.8) is 0 Å². The van der Waals surface area contributed by atoms with Gasteiger partial charge in [0.05, 0.1) is 12.0 Å². The third-order valence-corrected chi connectivity index (χ3v) is 3.50. The topological polar surface area (TPSA) is 74.0 Å². The molecular weight excluding hydrogens is 306 g/mol. The summed E-state index contributed by atoms with van der Waals surface area (Å²) in [4.78, 5) is 10.9. The molecule has 5 nitrogen and oxygen atoms in total. The number of amides is 1. The van der Waals surface area contributed by atoms with Crippen LogP contribution < -0.4 is 5.32 Å². The lowest BCUT2D eigenvalue weighted by molar-refractivity contribution is -0.116. The fraction of sp³-hybridized carbons (Fsp3) is 0.100. The minimum Gasteiger partial charge on any atom is -0.508 e. The maximum Gasteiger partial charge on any atom is 0.236 e. The van der Waals surface area contributed by atoms with Crippen molar-refractivity contribution in [2.45, 2.75) is 0 Å². The Morgan fingerprint density at radius 2 is 2.35 bits per heavy atom. The molecule has 1 amide bonds. The number of nitrogens with one attached hydrogen (secondary N) is 1. The number of amidine groups is 1. The Labute approximate surface area is 110 Å². The van der Waals surface area contributed by atoms with E-state index >= 15 is 0 Å². The molecule has 2 N–H and O–H groups in total. The number of hydrogen-bond acceptors (Lipinski definition) is 5. The predicted molar refractivity (Wildman–Crippen MR) is 71.4 cm³/mol. The lowest BCUT2D eigenvalue weighted by atomic mass is 10.2. The van der Waals surface area contributed by atoms with Crippen LogP contribution in [-0.4, -0.2) is 28.1 Å². The van der Waals surface area contributed by atoms with E-state index in [0.29, 0.717) is 16.5 Å². The minimum absolute atomic E-state index is 0.0671. The van der Waals surface area contributed by atoms with E-state index in [0.717, 1.165) is 4.47 Å². The molecule has 1 aromatic carbocycles. The van der Waals surface area contributed by atoms with E-state index < -0.39 is 0 Å². The molecule has 0 bridgehead atoms. The highest BCUT2D eigenvalue weighted by atomic mass is 79.9. The van der Waals surface area contributed by atoms with Crippen LogP contribution in [0.15, 0.2) is 32.9 Å². The number of nitrogens with zero attached hydrogens (tertiary/aromatic N) is 2. The molecule has 1 aliphatic rings. The zero-order valence-corrected chi connectivity index (χ0v) is 11.0. The summed E-state index contributed by atoms with van der Waals surface area (Å²) in [5, 5.41) is 20.1. The second-order valence-corrected chi connectivity index (χ2v) is 5.01. The van der Waals surface area contributed by atoms with E-state index in [1.807, 2.05) is 0 Å². The molecule has 0 aliphatic carbocycles. The van der Waals surface area contributed by atoms with Crippen molar-refractivity contribution in [2.24, 2.45) is 10.2 Å². The molecular formula is C10H8BrN3O2S. The normalized spacial score (nSPS) is 17.9. The Hall–Kier alpha value is -1.34. The van der Waals surface area contributed by atoms with Crippen LogP contribution in [0, 0.1) is 0 Å². The maximum absolute atomic E-state index is 10.9. The fourth-order valence-corrected chi connectivity index (χ4v) is 2.13. The zero-order valence-electron chi connectivity index (χ0n) is 8.55. The van der Waals surface area contributed by atoms with Crippen molar-refractivity contribution in [1.29, 1.82) is 0 Å². The first kappa shape index (κ1) is 12.1. The van der Waals surface area contributed by atoms with Crippen LogP contribution in [0.25, 0.3) is 0 Å². The molecule has 0 unspecified atom stereocenters. The third-order valence-electron chi connectivity index (χ3n) is 1.91. The lowest BCUT2D eigenvalue weighted by Gasteiger charge is -1.97. The highest BCUT2D eigenvalue weighted by Crippen LogP contribution is 2.20. The first-order valence-electron chi connectivity index (χ1n) is 4.67. The van der Waals surface area contributed by atoms with E-state index in [1.165, 1.54) is 18.0 Å². The van der Waals surface area contributed by atoms with Crippen LogP contribution in [0.1, 0.15) is 5.56 Å². The van der Waals surface area contributed by atoms with Crippen LogP contribution in [0.4, 0.5) is 0 Å². The molecule has 0 saturated carbocycles.